The summed E-state index contributed by atoms with van der Waals surface area (Å²) in [6.45, 7) is 4.63. The maximum Gasteiger partial charge on any atom is 0.0520 e. The highest BCUT2D eigenvalue weighted by Crippen LogP contribution is 1.96. The lowest BCUT2D eigenvalue weighted by molar-refractivity contribution is 0.520. The van der Waals surface area contributed by atoms with Crippen LogP contribution in [0.5, 0.6) is 0 Å². The van der Waals surface area contributed by atoms with E-state index in [1.165, 1.54) is 38.8 Å². The third kappa shape index (κ3) is 11.9. The van der Waals surface area contributed by atoms with Crippen LogP contribution < -0.4 is 16.8 Å². The summed E-state index contributed by atoms with van der Waals surface area (Å²) in [6, 6.07) is 0. The van der Waals surface area contributed by atoms with Crippen LogP contribution in [0.4, 0.5) is 0 Å². The molecule has 0 spiro atoms. The topological polar surface area (TPSA) is 64.1 Å². The zero-order valence-electron chi connectivity index (χ0n) is 8.89. The van der Waals surface area contributed by atoms with Crippen LogP contribution in [-0.4, -0.2) is 19.3 Å². The lowest BCUT2D eigenvalue weighted by Crippen LogP contribution is -2.29. The van der Waals surface area contributed by atoms with E-state index in [0.717, 1.165) is 12.8 Å². The van der Waals surface area contributed by atoms with Gasteiger partial charge >= 0.3 is 0 Å². The first-order valence-corrected chi connectivity index (χ1v) is 5.49. The van der Waals surface area contributed by atoms with Gasteiger partial charge in [0.1, 0.15) is 0 Å². The van der Waals surface area contributed by atoms with Gasteiger partial charge in [0.25, 0.3) is 0 Å². The Morgan fingerprint density at radius 1 is 1.15 bits per heavy atom. The molecule has 0 radical (unpaired) electrons. The normalized spacial score (nSPS) is 16.6. The summed E-state index contributed by atoms with van der Waals surface area (Å²) in [4.78, 5) is 0. The summed E-state index contributed by atoms with van der Waals surface area (Å²) in [6.07, 6.45) is 7.41. The molecule has 1 saturated heterocycles. The Balaban J connectivity index is 0.000000223. The van der Waals surface area contributed by atoms with Gasteiger partial charge in [-0.25, -0.2) is 0 Å². The molecular weight excluding hydrogens is 162 g/mol. The molecule has 0 aromatic carbocycles. The number of piperidine rings is 1. The monoisotopic (exact) mass is 187 g/mol. The second kappa shape index (κ2) is 9.96. The Bertz CT molecular complexity index is 78.7. The SMILES string of the molecule is C1CCNCC1.CCCCC(N)N. The van der Waals surface area contributed by atoms with Crippen molar-refractivity contribution in [1.29, 1.82) is 0 Å². The largest absolute Gasteiger partial charge is 0.317 e. The van der Waals surface area contributed by atoms with Crippen molar-refractivity contribution in [2.75, 3.05) is 13.1 Å². The molecule has 80 valence electrons. The van der Waals surface area contributed by atoms with Crippen molar-refractivity contribution in [3.8, 4) is 0 Å². The van der Waals surface area contributed by atoms with E-state index in [0.29, 0.717) is 0 Å². The van der Waals surface area contributed by atoms with E-state index in [1.807, 2.05) is 0 Å². The van der Waals surface area contributed by atoms with Crippen LogP contribution in [0, 0.1) is 0 Å². The van der Waals surface area contributed by atoms with Crippen LogP contribution in [0.2, 0.25) is 0 Å². The van der Waals surface area contributed by atoms with Gasteiger partial charge in [-0.1, -0.05) is 26.2 Å². The van der Waals surface area contributed by atoms with Crippen molar-refractivity contribution in [2.45, 2.75) is 51.6 Å². The molecule has 1 fully saturated rings. The number of unbranched alkanes of at least 4 members (excludes halogenated alkanes) is 1. The van der Waals surface area contributed by atoms with Gasteiger partial charge in [-0.15, -0.1) is 0 Å². The highest BCUT2D eigenvalue weighted by molar-refractivity contribution is 4.55. The van der Waals surface area contributed by atoms with Crippen molar-refractivity contribution in [1.82, 2.24) is 5.32 Å². The minimum Gasteiger partial charge on any atom is -0.317 e. The average Bonchev–Trinajstić information content (AvgIpc) is 2.18. The van der Waals surface area contributed by atoms with E-state index >= 15 is 0 Å². The summed E-state index contributed by atoms with van der Waals surface area (Å²) < 4.78 is 0. The van der Waals surface area contributed by atoms with Gasteiger partial charge in [-0.2, -0.15) is 0 Å². The highest BCUT2D eigenvalue weighted by atomic mass is 14.9. The first-order chi connectivity index (χ1) is 6.27. The molecular formula is C10H25N3. The van der Waals surface area contributed by atoms with Gasteiger partial charge in [-0.3, -0.25) is 0 Å². The fourth-order valence-corrected chi connectivity index (χ4v) is 1.24. The van der Waals surface area contributed by atoms with E-state index < -0.39 is 0 Å². The van der Waals surface area contributed by atoms with Gasteiger partial charge in [-0.05, 0) is 32.4 Å². The summed E-state index contributed by atoms with van der Waals surface area (Å²) in [5.74, 6) is 0. The van der Waals surface area contributed by atoms with Crippen LogP contribution in [0.1, 0.15) is 45.4 Å². The molecule has 0 unspecified atom stereocenters. The second-order valence-electron chi connectivity index (χ2n) is 3.62. The third-order valence-electron chi connectivity index (χ3n) is 2.10. The van der Waals surface area contributed by atoms with E-state index in [-0.39, 0.29) is 6.17 Å². The third-order valence-corrected chi connectivity index (χ3v) is 2.10. The summed E-state index contributed by atoms with van der Waals surface area (Å²) in [5, 5.41) is 3.28. The van der Waals surface area contributed by atoms with Crippen LogP contribution in [0.25, 0.3) is 0 Å². The molecule has 0 aromatic heterocycles. The van der Waals surface area contributed by atoms with E-state index in [9.17, 15) is 0 Å². The van der Waals surface area contributed by atoms with Crippen molar-refractivity contribution in [3.63, 3.8) is 0 Å². The fraction of sp³-hybridized carbons (Fsp3) is 1.00. The standard InChI is InChI=1S/C5H14N2.C5H11N/c1-2-3-4-5(6)7;1-2-4-6-5-3-1/h5H,2-4,6-7H2,1H3;6H,1-5H2. The minimum atomic E-state index is -0.0973. The molecule has 0 aliphatic carbocycles. The first kappa shape index (κ1) is 12.9. The molecule has 1 aliphatic rings. The predicted molar refractivity (Wildman–Crippen MR) is 58.4 cm³/mol. The molecule has 0 amide bonds. The second-order valence-corrected chi connectivity index (χ2v) is 3.62. The van der Waals surface area contributed by atoms with Gasteiger partial charge in [0, 0.05) is 0 Å². The number of hydrogen-bond acceptors (Lipinski definition) is 3. The number of rotatable bonds is 3. The van der Waals surface area contributed by atoms with Crippen LogP contribution >= 0.6 is 0 Å². The Labute approximate surface area is 82.3 Å². The molecule has 1 rings (SSSR count). The van der Waals surface area contributed by atoms with E-state index in [4.69, 9.17) is 11.5 Å². The molecule has 5 N–H and O–H groups in total. The lowest BCUT2D eigenvalue weighted by Gasteiger charge is -2.08. The van der Waals surface area contributed by atoms with Crippen LogP contribution in [0.3, 0.4) is 0 Å². The summed E-state index contributed by atoms with van der Waals surface area (Å²) >= 11 is 0. The quantitative estimate of drug-likeness (QED) is 0.581. The van der Waals surface area contributed by atoms with E-state index in [1.54, 1.807) is 0 Å². The number of hydrogen-bond donors (Lipinski definition) is 3. The average molecular weight is 187 g/mol. The Morgan fingerprint density at radius 3 is 1.92 bits per heavy atom. The highest BCUT2D eigenvalue weighted by Gasteiger charge is 1.93. The Morgan fingerprint density at radius 2 is 1.77 bits per heavy atom. The maximum absolute atomic E-state index is 5.26. The van der Waals surface area contributed by atoms with Crippen LogP contribution in [0.15, 0.2) is 0 Å². The Hall–Kier alpha value is -0.120. The smallest absolute Gasteiger partial charge is 0.0520 e. The number of nitrogens with one attached hydrogen (secondary N) is 1. The molecule has 0 saturated carbocycles. The van der Waals surface area contributed by atoms with Gasteiger partial charge in [0.2, 0.25) is 0 Å². The van der Waals surface area contributed by atoms with Gasteiger partial charge < -0.3 is 16.8 Å². The molecule has 3 nitrogen and oxygen atoms in total. The molecule has 0 bridgehead atoms. The zero-order valence-corrected chi connectivity index (χ0v) is 8.89. The van der Waals surface area contributed by atoms with Crippen molar-refractivity contribution in [3.05, 3.63) is 0 Å². The Kier molecular flexibility index (Phi) is 9.87. The fourth-order valence-electron chi connectivity index (χ4n) is 1.24. The maximum atomic E-state index is 5.26. The van der Waals surface area contributed by atoms with Crippen molar-refractivity contribution < 1.29 is 0 Å². The molecule has 1 aliphatic heterocycles. The predicted octanol–water partition coefficient (Wildman–Crippen LogP) is 1.18. The lowest BCUT2D eigenvalue weighted by atomic mass is 10.2. The minimum absolute atomic E-state index is 0.0973. The van der Waals surface area contributed by atoms with Crippen LogP contribution in [-0.2, 0) is 0 Å². The zero-order chi connectivity index (χ0) is 9.94. The van der Waals surface area contributed by atoms with Crippen molar-refractivity contribution in [2.24, 2.45) is 11.5 Å². The van der Waals surface area contributed by atoms with Gasteiger partial charge in [0.15, 0.2) is 0 Å². The molecule has 3 heteroatoms. The van der Waals surface area contributed by atoms with E-state index in [2.05, 4.69) is 12.2 Å². The first-order valence-electron chi connectivity index (χ1n) is 5.49. The summed E-state index contributed by atoms with van der Waals surface area (Å²) in [7, 11) is 0. The molecule has 1 heterocycles. The molecule has 0 aromatic rings. The molecule has 0 atom stereocenters. The van der Waals surface area contributed by atoms with Crippen molar-refractivity contribution >= 4 is 0 Å². The number of nitrogens with two attached hydrogens (primary N) is 2. The van der Waals surface area contributed by atoms with Gasteiger partial charge in [0.05, 0.1) is 6.17 Å². The summed E-state index contributed by atoms with van der Waals surface area (Å²) in [5.41, 5.74) is 10.5. The molecule has 13 heavy (non-hydrogen) atoms.